The smallest absolute Gasteiger partial charge is 0.0175 e. The maximum Gasteiger partial charge on any atom is 0.0175 e. The predicted octanol–water partition coefficient (Wildman–Crippen LogP) is 4.35. The summed E-state index contributed by atoms with van der Waals surface area (Å²) in [5.74, 6) is 0.778. The fourth-order valence-corrected chi connectivity index (χ4v) is 2.44. The van der Waals surface area contributed by atoms with Crippen LogP contribution < -0.4 is 0 Å². The van der Waals surface area contributed by atoms with E-state index in [4.69, 9.17) is 0 Å². The molecular weight excluding hydrogens is 224 g/mol. The van der Waals surface area contributed by atoms with Crippen LogP contribution in [0.4, 0.5) is 0 Å². The van der Waals surface area contributed by atoms with Gasteiger partial charge >= 0.3 is 0 Å². The van der Waals surface area contributed by atoms with Gasteiger partial charge in [-0.15, -0.1) is 0 Å². The molecule has 1 fully saturated rings. The highest BCUT2D eigenvalue weighted by Gasteiger charge is 2.38. The Morgan fingerprint density at radius 1 is 1.23 bits per heavy atom. The van der Waals surface area contributed by atoms with E-state index < -0.39 is 0 Å². The lowest BCUT2D eigenvalue weighted by Gasteiger charge is -2.45. The van der Waals surface area contributed by atoms with Gasteiger partial charge in [0.2, 0.25) is 0 Å². The van der Waals surface area contributed by atoms with E-state index in [9.17, 15) is 0 Å². The van der Waals surface area contributed by atoms with E-state index in [-0.39, 0.29) is 0 Å². The summed E-state index contributed by atoms with van der Waals surface area (Å²) in [5.41, 5.74) is 2.02. The van der Waals surface area contributed by atoms with Crippen molar-refractivity contribution in [3.05, 3.63) is 34.3 Å². The molecule has 0 aromatic heterocycles. The maximum atomic E-state index is 3.46. The summed E-state index contributed by atoms with van der Waals surface area (Å²) in [6.07, 6.45) is 2.72. The lowest BCUT2D eigenvalue weighted by molar-refractivity contribution is 0.139. The molecule has 1 aromatic rings. The van der Waals surface area contributed by atoms with Gasteiger partial charge in [0.25, 0.3) is 0 Å². The van der Waals surface area contributed by atoms with E-state index >= 15 is 0 Å². The summed E-state index contributed by atoms with van der Waals surface area (Å²) in [6.45, 7) is 4.73. The van der Waals surface area contributed by atoms with E-state index in [1.54, 1.807) is 0 Å². The zero-order chi connectivity index (χ0) is 9.47. The van der Waals surface area contributed by atoms with Crippen molar-refractivity contribution in [2.75, 3.05) is 0 Å². The van der Waals surface area contributed by atoms with Gasteiger partial charge in [-0.05, 0) is 41.9 Å². The van der Waals surface area contributed by atoms with Crippen molar-refractivity contribution < 1.29 is 0 Å². The van der Waals surface area contributed by atoms with Crippen LogP contribution in [0.2, 0.25) is 0 Å². The van der Waals surface area contributed by atoms with Crippen LogP contribution in [0.25, 0.3) is 0 Å². The van der Waals surface area contributed by atoms with Gasteiger partial charge in [-0.25, -0.2) is 0 Å². The Hall–Kier alpha value is -0.300. The van der Waals surface area contributed by atoms with Crippen molar-refractivity contribution in [1.82, 2.24) is 0 Å². The molecule has 1 aromatic carbocycles. The van der Waals surface area contributed by atoms with E-state index in [0.717, 1.165) is 5.92 Å². The minimum atomic E-state index is 0.522. The van der Waals surface area contributed by atoms with Crippen LogP contribution in [0.3, 0.4) is 0 Å². The monoisotopic (exact) mass is 238 g/mol. The first-order valence-corrected chi connectivity index (χ1v) is 5.64. The molecule has 1 saturated carbocycles. The van der Waals surface area contributed by atoms with Crippen molar-refractivity contribution in [3.63, 3.8) is 0 Å². The molecule has 1 unspecified atom stereocenters. The Kier molecular flexibility index (Phi) is 2.23. The van der Waals surface area contributed by atoms with E-state index in [1.165, 1.54) is 22.9 Å². The van der Waals surface area contributed by atoms with E-state index in [0.29, 0.717) is 5.41 Å². The third-order valence-electron chi connectivity index (χ3n) is 3.29. The minimum Gasteiger partial charge on any atom is -0.0593 e. The first-order valence-electron chi connectivity index (χ1n) is 4.85. The summed E-state index contributed by atoms with van der Waals surface area (Å²) >= 11 is 3.46. The summed E-state index contributed by atoms with van der Waals surface area (Å²) < 4.78 is 1.17. The number of benzene rings is 1. The molecule has 0 aliphatic heterocycles. The minimum absolute atomic E-state index is 0.522. The molecule has 1 atom stereocenters. The fraction of sp³-hybridized carbons (Fsp3) is 0.500. The standard InChI is InChI=1S/C12H15Br/c1-12(2)8-7-11(12)9-3-5-10(13)6-4-9/h3-6,11H,7-8H2,1-2H3. The average Bonchev–Trinajstić information content (AvgIpc) is 2.07. The molecule has 0 bridgehead atoms. The summed E-state index contributed by atoms with van der Waals surface area (Å²) in [7, 11) is 0. The molecule has 0 spiro atoms. The van der Waals surface area contributed by atoms with Crippen LogP contribution in [0.1, 0.15) is 38.2 Å². The highest BCUT2D eigenvalue weighted by Crippen LogP contribution is 2.52. The lowest BCUT2D eigenvalue weighted by Crippen LogP contribution is -2.32. The van der Waals surface area contributed by atoms with Gasteiger partial charge < -0.3 is 0 Å². The molecule has 0 heterocycles. The van der Waals surface area contributed by atoms with Crippen LogP contribution in [0, 0.1) is 5.41 Å². The van der Waals surface area contributed by atoms with Gasteiger partial charge in [-0.3, -0.25) is 0 Å². The Labute approximate surface area is 88.5 Å². The van der Waals surface area contributed by atoms with Gasteiger partial charge in [0, 0.05) is 4.47 Å². The number of hydrogen-bond acceptors (Lipinski definition) is 0. The van der Waals surface area contributed by atoms with Crippen LogP contribution >= 0.6 is 15.9 Å². The quantitative estimate of drug-likeness (QED) is 0.683. The van der Waals surface area contributed by atoms with Crippen LogP contribution in [0.15, 0.2) is 28.7 Å². The number of rotatable bonds is 1. The topological polar surface area (TPSA) is 0 Å². The molecule has 0 saturated heterocycles. The Morgan fingerprint density at radius 2 is 1.85 bits per heavy atom. The van der Waals surface area contributed by atoms with Gasteiger partial charge in [-0.1, -0.05) is 41.9 Å². The average molecular weight is 239 g/mol. The van der Waals surface area contributed by atoms with Gasteiger partial charge in [0.15, 0.2) is 0 Å². The van der Waals surface area contributed by atoms with Crippen LogP contribution in [0.5, 0.6) is 0 Å². The molecular formula is C12H15Br. The van der Waals surface area contributed by atoms with Crippen LogP contribution in [-0.4, -0.2) is 0 Å². The molecule has 70 valence electrons. The summed E-state index contributed by atoms with van der Waals surface area (Å²) in [4.78, 5) is 0. The van der Waals surface area contributed by atoms with Crippen LogP contribution in [-0.2, 0) is 0 Å². The summed E-state index contributed by atoms with van der Waals surface area (Å²) in [6, 6.07) is 8.78. The van der Waals surface area contributed by atoms with Crippen molar-refractivity contribution in [2.45, 2.75) is 32.6 Å². The lowest BCUT2D eigenvalue weighted by atomic mass is 9.60. The maximum absolute atomic E-state index is 3.46. The number of hydrogen-bond donors (Lipinski definition) is 0. The second-order valence-electron chi connectivity index (χ2n) is 4.63. The molecule has 2 rings (SSSR count). The number of halogens is 1. The summed E-state index contributed by atoms with van der Waals surface area (Å²) in [5, 5.41) is 0. The Morgan fingerprint density at radius 3 is 2.23 bits per heavy atom. The molecule has 13 heavy (non-hydrogen) atoms. The van der Waals surface area contributed by atoms with Crippen molar-refractivity contribution in [1.29, 1.82) is 0 Å². The second-order valence-corrected chi connectivity index (χ2v) is 5.55. The zero-order valence-corrected chi connectivity index (χ0v) is 9.76. The molecule has 1 heteroatoms. The largest absolute Gasteiger partial charge is 0.0593 e. The molecule has 0 nitrogen and oxygen atoms in total. The van der Waals surface area contributed by atoms with Crippen molar-refractivity contribution in [3.8, 4) is 0 Å². The first kappa shape index (κ1) is 9.26. The molecule has 1 aliphatic rings. The molecule has 1 aliphatic carbocycles. The second kappa shape index (κ2) is 3.13. The Balaban J connectivity index is 2.22. The highest BCUT2D eigenvalue weighted by atomic mass is 79.9. The highest BCUT2D eigenvalue weighted by molar-refractivity contribution is 9.10. The zero-order valence-electron chi connectivity index (χ0n) is 8.18. The van der Waals surface area contributed by atoms with Gasteiger partial charge in [-0.2, -0.15) is 0 Å². The SMILES string of the molecule is CC1(C)CCC1c1ccc(Br)cc1. The Bertz CT molecular complexity index is 297. The molecule has 0 amide bonds. The van der Waals surface area contributed by atoms with Crippen molar-refractivity contribution >= 4 is 15.9 Å². The third-order valence-corrected chi connectivity index (χ3v) is 3.82. The van der Waals surface area contributed by atoms with Gasteiger partial charge in [0.05, 0.1) is 0 Å². The molecule has 0 N–H and O–H groups in total. The molecule has 0 radical (unpaired) electrons. The fourth-order valence-electron chi connectivity index (χ4n) is 2.18. The first-order chi connectivity index (χ1) is 6.09. The van der Waals surface area contributed by atoms with Gasteiger partial charge in [0.1, 0.15) is 0 Å². The van der Waals surface area contributed by atoms with E-state index in [2.05, 4.69) is 54.0 Å². The normalized spacial score (nSPS) is 25.3. The predicted molar refractivity (Wildman–Crippen MR) is 59.9 cm³/mol. The van der Waals surface area contributed by atoms with Crippen molar-refractivity contribution in [2.24, 2.45) is 5.41 Å². The van der Waals surface area contributed by atoms with E-state index in [1.807, 2.05) is 0 Å². The third kappa shape index (κ3) is 1.67.